The maximum atomic E-state index is 13.0. The second-order valence-corrected chi connectivity index (χ2v) is 5.76. The van der Waals surface area contributed by atoms with Crippen molar-refractivity contribution in [1.82, 2.24) is 9.80 Å². The summed E-state index contributed by atoms with van der Waals surface area (Å²) < 4.78 is 13.0. The summed E-state index contributed by atoms with van der Waals surface area (Å²) in [7, 11) is 4.06. The molecule has 3 nitrogen and oxygen atoms in total. The van der Waals surface area contributed by atoms with Gasteiger partial charge >= 0.3 is 0 Å². The average molecular weight is 299 g/mol. The molecule has 1 aromatic carbocycles. The molecule has 0 N–H and O–H groups in total. The molecular formula is C15H20ClFN2O. The molecule has 2 aliphatic rings. The molecule has 0 aromatic heterocycles. The first-order valence-corrected chi connectivity index (χ1v) is 6.79. The van der Waals surface area contributed by atoms with E-state index >= 15 is 0 Å². The van der Waals surface area contributed by atoms with Crippen molar-refractivity contribution in [3.63, 3.8) is 0 Å². The van der Waals surface area contributed by atoms with Crippen LogP contribution in [0.4, 0.5) is 4.39 Å². The number of carbonyl (C=O) groups excluding carboxylic acids is 1. The van der Waals surface area contributed by atoms with Gasteiger partial charge < -0.3 is 9.80 Å². The molecule has 0 spiro atoms. The Kier molecular flexibility index (Phi) is 4.35. The number of nitrogens with zero attached hydrogens (tertiary/aromatic N) is 2. The lowest BCUT2D eigenvalue weighted by atomic mass is 9.87. The van der Waals surface area contributed by atoms with Crippen LogP contribution in [0.15, 0.2) is 24.3 Å². The largest absolute Gasteiger partial charge is 0.337 e. The van der Waals surface area contributed by atoms with Crippen molar-refractivity contribution in [2.45, 2.75) is 30.8 Å². The second kappa shape index (κ2) is 5.70. The molecule has 3 atom stereocenters. The van der Waals surface area contributed by atoms with Gasteiger partial charge in [0, 0.05) is 24.9 Å². The SMILES string of the molecule is CN(C)C1CC(=O)N2CCC(c3ccc(F)cc3)C12.Cl. The van der Waals surface area contributed by atoms with Gasteiger partial charge in [-0.3, -0.25) is 4.79 Å². The van der Waals surface area contributed by atoms with E-state index in [1.165, 1.54) is 12.1 Å². The predicted molar refractivity (Wildman–Crippen MR) is 78.6 cm³/mol. The van der Waals surface area contributed by atoms with Gasteiger partial charge in [0.15, 0.2) is 0 Å². The van der Waals surface area contributed by atoms with Gasteiger partial charge in [0.2, 0.25) is 5.91 Å². The van der Waals surface area contributed by atoms with Gasteiger partial charge in [0.05, 0.1) is 6.04 Å². The number of fused-ring (bicyclic) bond motifs is 1. The molecule has 2 fully saturated rings. The van der Waals surface area contributed by atoms with Crippen molar-refractivity contribution in [2.75, 3.05) is 20.6 Å². The number of likely N-dealkylation sites (N-methyl/N-ethyl adjacent to an activating group) is 1. The number of rotatable bonds is 2. The van der Waals surface area contributed by atoms with Gasteiger partial charge in [0.25, 0.3) is 0 Å². The fourth-order valence-corrected chi connectivity index (χ4v) is 3.56. The molecule has 5 heteroatoms. The summed E-state index contributed by atoms with van der Waals surface area (Å²) >= 11 is 0. The summed E-state index contributed by atoms with van der Waals surface area (Å²) in [5.74, 6) is 0.387. The second-order valence-electron chi connectivity index (χ2n) is 5.76. The van der Waals surface area contributed by atoms with Gasteiger partial charge in [-0.15, -0.1) is 12.4 Å². The molecule has 1 amide bonds. The molecule has 20 heavy (non-hydrogen) atoms. The van der Waals surface area contributed by atoms with Crippen LogP contribution in [-0.4, -0.2) is 48.4 Å². The number of halogens is 2. The Labute approximate surface area is 125 Å². The first-order chi connectivity index (χ1) is 9.08. The third-order valence-corrected chi connectivity index (χ3v) is 4.51. The van der Waals surface area contributed by atoms with Crippen LogP contribution in [-0.2, 0) is 4.79 Å². The molecule has 0 radical (unpaired) electrons. The molecule has 0 aliphatic carbocycles. The van der Waals surface area contributed by atoms with Gasteiger partial charge in [-0.1, -0.05) is 12.1 Å². The summed E-state index contributed by atoms with van der Waals surface area (Å²) in [5, 5.41) is 0. The van der Waals surface area contributed by atoms with Crippen molar-refractivity contribution in [3.8, 4) is 0 Å². The normalized spacial score (nSPS) is 28.7. The smallest absolute Gasteiger partial charge is 0.224 e. The van der Waals surface area contributed by atoms with E-state index in [0.29, 0.717) is 12.3 Å². The Morgan fingerprint density at radius 3 is 2.50 bits per heavy atom. The van der Waals surface area contributed by atoms with Crippen LogP contribution >= 0.6 is 12.4 Å². The highest BCUT2D eigenvalue weighted by molar-refractivity contribution is 5.85. The van der Waals surface area contributed by atoms with Crippen molar-refractivity contribution in [1.29, 1.82) is 0 Å². The monoisotopic (exact) mass is 298 g/mol. The van der Waals surface area contributed by atoms with Gasteiger partial charge in [-0.25, -0.2) is 4.39 Å². The first-order valence-electron chi connectivity index (χ1n) is 6.79. The Balaban J connectivity index is 0.00000147. The van der Waals surface area contributed by atoms with E-state index in [4.69, 9.17) is 0 Å². The first kappa shape index (κ1) is 15.3. The summed E-state index contributed by atoms with van der Waals surface area (Å²) in [5.41, 5.74) is 1.15. The zero-order valence-electron chi connectivity index (χ0n) is 11.8. The highest BCUT2D eigenvalue weighted by atomic mass is 35.5. The minimum absolute atomic E-state index is 0. The lowest BCUT2D eigenvalue weighted by molar-refractivity contribution is -0.127. The number of carbonyl (C=O) groups is 1. The summed E-state index contributed by atoms with van der Waals surface area (Å²) in [6, 6.07) is 7.26. The van der Waals surface area contributed by atoms with Crippen molar-refractivity contribution in [3.05, 3.63) is 35.6 Å². The van der Waals surface area contributed by atoms with Crippen LogP contribution in [0.25, 0.3) is 0 Å². The van der Waals surface area contributed by atoms with Crippen molar-refractivity contribution < 1.29 is 9.18 Å². The fraction of sp³-hybridized carbons (Fsp3) is 0.533. The number of amides is 1. The van der Waals surface area contributed by atoms with E-state index in [0.717, 1.165) is 18.5 Å². The highest BCUT2D eigenvalue weighted by Gasteiger charge is 2.48. The van der Waals surface area contributed by atoms with Crippen LogP contribution in [0, 0.1) is 5.82 Å². The van der Waals surface area contributed by atoms with Crippen LogP contribution in [0.3, 0.4) is 0 Å². The molecule has 2 saturated heterocycles. The highest BCUT2D eigenvalue weighted by Crippen LogP contribution is 2.41. The molecule has 0 saturated carbocycles. The molecule has 2 aliphatic heterocycles. The summed E-state index contributed by atoms with van der Waals surface area (Å²) in [6.07, 6.45) is 1.59. The molecule has 2 heterocycles. The molecule has 0 bridgehead atoms. The van der Waals surface area contributed by atoms with Crippen LogP contribution in [0.2, 0.25) is 0 Å². The lowest BCUT2D eigenvalue weighted by Gasteiger charge is -2.30. The van der Waals surface area contributed by atoms with Crippen LogP contribution < -0.4 is 0 Å². The van der Waals surface area contributed by atoms with E-state index < -0.39 is 0 Å². The lowest BCUT2D eigenvalue weighted by Crippen LogP contribution is -2.41. The van der Waals surface area contributed by atoms with Gasteiger partial charge in [-0.05, 0) is 38.2 Å². The number of hydrogen-bond acceptors (Lipinski definition) is 2. The Morgan fingerprint density at radius 2 is 1.90 bits per heavy atom. The maximum Gasteiger partial charge on any atom is 0.224 e. The zero-order valence-corrected chi connectivity index (χ0v) is 12.6. The van der Waals surface area contributed by atoms with E-state index in [-0.39, 0.29) is 36.2 Å². The molecule has 3 unspecified atom stereocenters. The molecular weight excluding hydrogens is 279 g/mol. The Morgan fingerprint density at radius 1 is 1.25 bits per heavy atom. The summed E-state index contributed by atoms with van der Waals surface area (Å²) in [6.45, 7) is 0.829. The van der Waals surface area contributed by atoms with Crippen molar-refractivity contribution >= 4 is 18.3 Å². The molecule has 1 aromatic rings. The fourth-order valence-electron chi connectivity index (χ4n) is 3.56. The van der Waals surface area contributed by atoms with E-state index in [9.17, 15) is 9.18 Å². The van der Waals surface area contributed by atoms with E-state index in [1.807, 2.05) is 31.1 Å². The van der Waals surface area contributed by atoms with E-state index in [1.54, 1.807) is 0 Å². The standard InChI is InChI=1S/C15H19FN2O.ClH/c1-17(2)13-9-14(19)18-8-7-12(15(13)18)10-3-5-11(16)6-4-10;/h3-6,12-13,15H,7-9H2,1-2H3;1H. The third kappa shape index (κ3) is 2.42. The van der Waals surface area contributed by atoms with Crippen LogP contribution in [0.1, 0.15) is 24.3 Å². The minimum Gasteiger partial charge on any atom is -0.337 e. The van der Waals surface area contributed by atoms with Gasteiger partial charge in [-0.2, -0.15) is 0 Å². The minimum atomic E-state index is -0.203. The third-order valence-electron chi connectivity index (χ3n) is 4.51. The Bertz CT molecular complexity index is 491. The van der Waals surface area contributed by atoms with Crippen molar-refractivity contribution in [2.24, 2.45) is 0 Å². The number of hydrogen-bond donors (Lipinski definition) is 0. The quantitative estimate of drug-likeness (QED) is 0.836. The van der Waals surface area contributed by atoms with E-state index in [2.05, 4.69) is 4.90 Å². The molecule has 3 rings (SSSR count). The Hall–Kier alpha value is -1.13. The molecule has 110 valence electrons. The van der Waals surface area contributed by atoms with Crippen LogP contribution in [0.5, 0.6) is 0 Å². The van der Waals surface area contributed by atoms with Gasteiger partial charge in [0.1, 0.15) is 5.82 Å². The average Bonchev–Trinajstić information content (AvgIpc) is 2.92. The summed E-state index contributed by atoms with van der Waals surface area (Å²) in [4.78, 5) is 16.2. The zero-order chi connectivity index (χ0) is 13.6. The number of benzene rings is 1. The maximum absolute atomic E-state index is 13.0. The predicted octanol–water partition coefficient (Wildman–Crippen LogP) is 2.27. The topological polar surface area (TPSA) is 23.6 Å².